The zero-order valence-electron chi connectivity index (χ0n) is 15.2. The standard InChI is InChI=1S/C14H31N2O7P/c1-14(2,11-17)12(18)13(19)15-7-6-9-22-24(20,21)23-10-8-16(3,4)5/h12,17-18H,6-11H2,1-5H3,(H-,15,19,20,21)/t12-/m0/s1. The topological polar surface area (TPSA) is 128 Å². The first-order valence-corrected chi connectivity index (χ1v) is 9.24. The number of carbonyl (C=O) groups is 1. The first kappa shape index (κ1) is 23.5. The average molecular weight is 370 g/mol. The molecule has 0 aromatic carbocycles. The van der Waals surface area contributed by atoms with E-state index in [-0.39, 0.29) is 32.8 Å². The smallest absolute Gasteiger partial charge is 0.268 e. The molecule has 0 aliphatic carbocycles. The zero-order chi connectivity index (χ0) is 19.0. The van der Waals surface area contributed by atoms with Crippen LogP contribution in [0.5, 0.6) is 0 Å². The number of nitrogens with one attached hydrogen (secondary N) is 1. The summed E-state index contributed by atoms with van der Waals surface area (Å²) in [5.41, 5.74) is -0.954. The van der Waals surface area contributed by atoms with Crippen molar-refractivity contribution in [2.75, 3.05) is 54.1 Å². The molecule has 0 spiro atoms. The molecule has 0 saturated carbocycles. The molecule has 10 heteroatoms. The van der Waals surface area contributed by atoms with Gasteiger partial charge in [-0.05, 0) is 6.42 Å². The molecule has 2 atom stereocenters. The summed E-state index contributed by atoms with van der Waals surface area (Å²) in [5.74, 6) is -0.626. The number of amides is 1. The highest BCUT2D eigenvalue weighted by Crippen LogP contribution is 2.38. The summed E-state index contributed by atoms with van der Waals surface area (Å²) >= 11 is 0. The molecule has 3 N–H and O–H groups in total. The fourth-order valence-electron chi connectivity index (χ4n) is 1.46. The van der Waals surface area contributed by atoms with Gasteiger partial charge in [-0.1, -0.05) is 13.8 Å². The maximum Gasteiger partial charge on any atom is 0.268 e. The SMILES string of the molecule is CC(C)(CO)[C@@H](O)C(=O)NCCCOP(=O)([O-])OCC[N+](C)(C)C. The van der Waals surface area contributed by atoms with Gasteiger partial charge in [-0.3, -0.25) is 9.36 Å². The number of aliphatic hydroxyl groups is 2. The molecule has 0 rings (SSSR count). The highest BCUT2D eigenvalue weighted by atomic mass is 31.2. The molecule has 0 radical (unpaired) electrons. The lowest BCUT2D eigenvalue weighted by Crippen LogP contribution is -2.45. The van der Waals surface area contributed by atoms with E-state index in [0.29, 0.717) is 11.0 Å². The van der Waals surface area contributed by atoms with Gasteiger partial charge < -0.3 is 34.0 Å². The van der Waals surface area contributed by atoms with Gasteiger partial charge in [0.15, 0.2) is 0 Å². The lowest BCUT2D eigenvalue weighted by Gasteiger charge is -2.27. The number of quaternary nitrogens is 1. The van der Waals surface area contributed by atoms with E-state index in [0.717, 1.165) is 0 Å². The number of hydrogen-bond donors (Lipinski definition) is 3. The van der Waals surface area contributed by atoms with Gasteiger partial charge in [-0.15, -0.1) is 0 Å². The van der Waals surface area contributed by atoms with Crippen LogP contribution >= 0.6 is 7.82 Å². The second-order valence-corrected chi connectivity index (χ2v) is 8.73. The molecule has 1 amide bonds. The quantitative estimate of drug-likeness (QED) is 0.230. The van der Waals surface area contributed by atoms with Crippen LogP contribution in [0, 0.1) is 5.41 Å². The Kier molecular flexibility index (Phi) is 9.60. The molecule has 0 saturated heterocycles. The van der Waals surface area contributed by atoms with Gasteiger partial charge in [0.1, 0.15) is 19.3 Å². The summed E-state index contributed by atoms with van der Waals surface area (Å²) in [6, 6.07) is 0. The zero-order valence-corrected chi connectivity index (χ0v) is 16.0. The fraction of sp³-hybridized carbons (Fsp3) is 0.929. The highest BCUT2D eigenvalue weighted by molar-refractivity contribution is 7.45. The van der Waals surface area contributed by atoms with Crippen molar-refractivity contribution in [3.05, 3.63) is 0 Å². The Balaban J connectivity index is 3.97. The molecule has 0 heterocycles. The Hall–Kier alpha value is -0.540. The van der Waals surface area contributed by atoms with Crippen LogP contribution in [0.4, 0.5) is 0 Å². The van der Waals surface area contributed by atoms with Gasteiger partial charge in [-0.25, -0.2) is 0 Å². The number of hydrogen-bond acceptors (Lipinski definition) is 7. The number of phosphoric acid groups is 1. The van der Waals surface area contributed by atoms with Gasteiger partial charge in [0, 0.05) is 12.0 Å². The molecule has 1 unspecified atom stereocenters. The van der Waals surface area contributed by atoms with Crippen LogP contribution in [0.15, 0.2) is 0 Å². The highest BCUT2D eigenvalue weighted by Gasteiger charge is 2.32. The summed E-state index contributed by atoms with van der Waals surface area (Å²) in [7, 11) is 1.39. The summed E-state index contributed by atoms with van der Waals surface area (Å²) in [6.07, 6.45) is -1.11. The van der Waals surface area contributed by atoms with E-state index in [2.05, 4.69) is 5.32 Å². The Bertz CT molecular complexity index is 437. The number of nitrogens with zero attached hydrogens (tertiary/aromatic N) is 1. The van der Waals surface area contributed by atoms with E-state index >= 15 is 0 Å². The largest absolute Gasteiger partial charge is 0.756 e. The molecule has 0 fully saturated rings. The van der Waals surface area contributed by atoms with Crippen molar-refractivity contribution in [3.63, 3.8) is 0 Å². The predicted octanol–water partition coefficient (Wildman–Crippen LogP) is -0.920. The number of aliphatic hydroxyl groups excluding tert-OH is 2. The first-order chi connectivity index (χ1) is 10.8. The van der Waals surface area contributed by atoms with Gasteiger partial charge in [0.25, 0.3) is 7.82 Å². The monoisotopic (exact) mass is 370 g/mol. The number of carbonyl (C=O) groups excluding carboxylic acids is 1. The number of likely N-dealkylation sites (N-methyl/N-ethyl adjacent to an activating group) is 1. The summed E-state index contributed by atoms with van der Waals surface area (Å²) in [4.78, 5) is 23.2. The van der Waals surface area contributed by atoms with Crippen LogP contribution in [0.1, 0.15) is 20.3 Å². The second kappa shape index (κ2) is 9.82. The molecule has 0 aromatic rings. The molecule has 24 heavy (non-hydrogen) atoms. The van der Waals surface area contributed by atoms with Crippen LogP contribution in [0.3, 0.4) is 0 Å². The van der Waals surface area contributed by atoms with Gasteiger partial charge in [0.2, 0.25) is 5.91 Å². The first-order valence-electron chi connectivity index (χ1n) is 7.78. The van der Waals surface area contributed by atoms with Crippen LogP contribution in [-0.2, 0) is 18.4 Å². The van der Waals surface area contributed by atoms with Gasteiger partial charge in [-0.2, -0.15) is 0 Å². The number of rotatable bonds is 12. The third kappa shape index (κ3) is 10.4. The second-order valence-electron chi connectivity index (χ2n) is 7.32. The number of phosphoric ester groups is 1. The maximum atomic E-state index is 11.7. The molecule has 0 aliphatic rings. The van der Waals surface area contributed by atoms with Crippen molar-refractivity contribution < 1.29 is 38.0 Å². The van der Waals surface area contributed by atoms with Crippen molar-refractivity contribution in [1.82, 2.24) is 5.32 Å². The average Bonchev–Trinajstić information content (AvgIpc) is 2.44. The predicted molar refractivity (Wildman–Crippen MR) is 86.9 cm³/mol. The third-order valence-electron chi connectivity index (χ3n) is 3.28. The molecule has 0 aromatic heterocycles. The minimum absolute atomic E-state index is 0.0312. The van der Waals surface area contributed by atoms with Crippen molar-refractivity contribution in [2.45, 2.75) is 26.4 Å². The van der Waals surface area contributed by atoms with Gasteiger partial charge >= 0.3 is 0 Å². The van der Waals surface area contributed by atoms with Crippen molar-refractivity contribution in [1.29, 1.82) is 0 Å². The van der Waals surface area contributed by atoms with E-state index in [1.165, 1.54) is 0 Å². The molecule has 0 aliphatic heterocycles. The Labute approximate surface area is 143 Å². The van der Waals surface area contributed by atoms with Crippen LogP contribution in [-0.4, -0.2) is 80.8 Å². The van der Waals surface area contributed by atoms with E-state index in [1.54, 1.807) is 13.8 Å². The van der Waals surface area contributed by atoms with Gasteiger partial charge in [0.05, 0.1) is 34.4 Å². The van der Waals surface area contributed by atoms with Crippen LogP contribution in [0.2, 0.25) is 0 Å². The summed E-state index contributed by atoms with van der Waals surface area (Å²) < 4.78 is 21.5. The third-order valence-corrected chi connectivity index (χ3v) is 4.27. The molecule has 144 valence electrons. The minimum atomic E-state index is -4.35. The molecule has 9 nitrogen and oxygen atoms in total. The van der Waals surface area contributed by atoms with E-state index in [4.69, 9.17) is 14.2 Å². The van der Waals surface area contributed by atoms with Crippen molar-refractivity contribution in [2.24, 2.45) is 5.41 Å². The van der Waals surface area contributed by atoms with Crippen molar-refractivity contribution in [3.8, 4) is 0 Å². The normalized spacial score (nSPS) is 16.5. The molecular formula is C14H31N2O7P. The summed E-state index contributed by atoms with van der Waals surface area (Å²) in [5, 5.41) is 21.3. The Morgan fingerprint density at radius 3 is 2.33 bits per heavy atom. The van der Waals surface area contributed by atoms with E-state index in [1.807, 2.05) is 21.1 Å². The van der Waals surface area contributed by atoms with Crippen LogP contribution < -0.4 is 10.2 Å². The van der Waals surface area contributed by atoms with E-state index in [9.17, 15) is 19.4 Å². The fourth-order valence-corrected chi connectivity index (χ4v) is 2.19. The minimum Gasteiger partial charge on any atom is -0.756 e. The van der Waals surface area contributed by atoms with Crippen molar-refractivity contribution >= 4 is 13.7 Å². The maximum absolute atomic E-state index is 11.7. The molecular weight excluding hydrogens is 339 g/mol. The van der Waals surface area contributed by atoms with E-state index < -0.39 is 25.2 Å². The summed E-state index contributed by atoms with van der Waals surface area (Å²) in [6.45, 7) is 3.33. The molecule has 0 bridgehead atoms. The lowest BCUT2D eigenvalue weighted by atomic mass is 9.87. The lowest BCUT2D eigenvalue weighted by molar-refractivity contribution is -0.870. The van der Waals surface area contributed by atoms with Crippen LogP contribution in [0.25, 0.3) is 0 Å². The Morgan fingerprint density at radius 1 is 1.29 bits per heavy atom. The Morgan fingerprint density at radius 2 is 1.83 bits per heavy atom.